The van der Waals surface area contributed by atoms with Crippen molar-refractivity contribution in [3.8, 4) is 5.75 Å². The summed E-state index contributed by atoms with van der Waals surface area (Å²) >= 11 is 0. The Hall–Kier alpha value is -1.78. The van der Waals surface area contributed by atoms with Gasteiger partial charge in [-0.05, 0) is 75.6 Å². The second-order valence-corrected chi connectivity index (χ2v) is 7.65. The Morgan fingerprint density at radius 1 is 1.04 bits per heavy atom. The molecule has 0 aliphatic carbocycles. The summed E-state index contributed by atoms with van der Waals surface area (Å²) in [6.45, 7) is 7.37. The van der Waals surface area contributed by atoms with Crippen molar-refractivity contribution < 1.29 is 4.74 Å². The predicted octanol–water partition coefficient (Wildman–Crippen LogP) is 4.14. The zero-order valence-corrected chi connectivity index (χ0v) is 16.0. The van der Waals surface area contributed by atoms with E-state index in [2.05, 4.69) is 39.2 Å². The van der Waals surface area contributed by atoms with Crippen molar-refractivity contribution in [1.29, 1.82) is 0 Å². The highest BCUT2D eigenvalue weighted by atomic mass is 16.5. The highest BCUT2D eigenvalue weighted by molar-refractivity contribution is 5.93. The van der Waals surface area contributed by atoms with Gasteiger partial charge in [0.05, 0.1) is 7.11 Å². The average Bonchev–Trinajstić information content (AvgIpc) is 3.12. The Labute approximate surface area is 156 Å². The van der Waals surface area contributed by atoms with E-state index in [1.54, 1.807) is 7.11 Å². The van der Waals surface area contributed by atoms with Gasteiger partial charge in [0.2, 0.25) is 0 Å². The van der Waals surface area contributed by atoms with Crippen molar-refractivity contribution in [3.05, 3.63) is 36.0 Å². The van der Waals surface area contributed by atoms with Gasteiger partial charge < -0.3 is 14.6 Å². The van der Waals surface area contributed by atoms with Gasteiger partial charge in [-0.3, -0.25) is 4.90 Å². The summed E-state index contributed by atoms with van der Waals surface area (Å²) in [5, 5.41) is 1.27. The Morgan fingerprint density at radius 3 is 2.65 bits per heavy atom. The Kier molecular flexibility index (Phi) is 5.61. The van der Waals surface area contributed by atoms with Crippen LogP contribution in [0.4, 0.5) is 0 Å². The molecule has 0 bridgehead atoms. The van der Waals surface area contributed by atoms with E-state index in [9.17, 15) is 0 Å². The third-order valence-corrected chi connectivity index (χ3v) is 5.93. The number of ether oxygens (including phenoxy) is 1. The van der Waals surface area contributed by atoms with Gasteiger partial charge in [-0.2, -0.15) is 0 Å². The highest BCUT2D eigenvalue weighted by Crippen LogP contribution is 2.31. The van der Waals surface area contributed by atoms with Crippen LogP contribution in [0.5, 0.6) is 5.75 Å². The maximum atomic E-state index is 5.40. The maximum absolute atomic E-state index is 5.40. The molecule has 26 heavy (non-hydrogen) atoms. The quantitative estimate of drug-likeness (QED) is 0.847. The fourth-order valence-electron chi connectivity index (χ4n) is 4.35. The Morgan fingerprint density at radius 2 is 1.88 bits per heavy atom. The number of hydrogen-bond acceptors (Lipinski definition) is 3. The molecule has 1 aromatic carbocycles. The molecule has 1 N–H and O–H groups in total. The van der Waals surface area contributed by atoms with E-state index in [0.717, 1.165) is 18.7 Å². The lowest BCUT2D eigenvalue weighted by Gasteiger charge is -2.29. The van der Waals surface area contributed by atoms with Crippen molar-refractivity contribution >= 4 is 16.5 Å². The van der Waals surface area contributed by atoms with Crippen LogP contribution in [0.25, 0.3) is 16.5 Å². The zero-order chi connectivity index (χ0) is 17.8. The molecule has 2 aromatic rings. The number of piperidine rings is 1. The van der Waals surface area contributed by atoms with Crippen LogP contribution in [0.3, 0.4) is 0 Å². The first-order chi connectivity index (χ1) is 12.8. The number of fused-ring (bicyclic) bond motifs is 1. The number of nitrogens with one attached hydrogen (secondary N) is 1. The van der Waals surface area contributed by atoms with Crippen LogP contribution >= 0.6 is 0 Å². The molecular formula is C22H31N3O. The first kappa shape index (κ1) is 17.6. The molecule has 3 heterocycles. The molecule has 2 aliphatic rings. The van der Waals surface area contributed by atoms with Gasteiger partial charge in [-0.1, -0.05) is 12.5 Å². The van der Waals surface area contributed by atoms with Gasteiger partial charge in [0.15, 0.2) is 0 Å². The molecule has 0 atom stereocenters. The van der Waals surface area contributed by atoms with Gasteiger partial charge in [0.25, 0.3) is 0 Å². The zero-order valence-electron chi connectivity index (χ0n) is 16.0. The molecular weight excluding hydrogens is 322 g/mol. The molecule has 4 rings (SSSR count). The molecule has 4 nitrogen and oxygen atoms in total. The smallest absolute Gasteiger partial charge is 0.119 e. The van der Waals surface area contributed by atoms with Crippen LogP contribution in [0.1, 0.15) is 37.7 Å². The molecule has 0 saturated carbocycles. The fraction of sp³-hybridized carbons (Fsp3) is 0.545. The average molecular weight is 354 g/mol. The number of aromatic amines is 1. The minimum absolute atomic E-state index is 0.925. The van der Waals surface area contributed by atoms with Gasteiger partial charge in [-0.15, -0.1) is 0 Å². The van der Waals surface area contributed by atoms with Crippen LogP contribution < -0.4 is 4.74 Å². The predicted molar refractivity (Wildman–Crippen MR) is 109 cm³/mol. The van der Waals surface area contributed by atoms with E-state index in [0.29, 0.717) is 0 Å². The summed E-state index contributed by atoms with van der Waals surface area (Å²) in [6, 6.07) is 6.27. The molecule has 1 fully saturated rings. The lowest BCUT2D eigenvalue weighted by atomic mass is 9.98. The first-order valence-electron chi connectivity index (χ1n) is 10.1. The number of benzene rings is 1. The molecule has 140 valence electrons. The van der Waals surface area contributed by atoms with Gasteiger partial charge >= 0.3 is 0 Å². The van der Waals surface area contributed by atoms with Crippen LogP contribution in [-0.2, 0) is 0 Å². The van der Waals surface area contributed by atoms with Gasteiger partial charge in [0, 0.05) is 35.8 Å². The third kappa shape index (κ3) is 3.97. The second kappa shape index (κ2) is 8.28. The van der Waals surface area contributed by atoms with Crippen LogP contribution in [0.2, 0.25) is 0 Å². The number of likely N-dealkylation sites (tertiary alicyclic amines) is 1. The fourth-order valence-corrected chi connectivity index (χ4v) is 4.35. The summed E-state index contributed by atoms with van der Waals surface area (Å²) in [5.74, 6) is 0.925. The van der Waals surface area contributed by atoms with Crippen LogP contribution in [-0.4, -0.2) is 61.2 Å². The minimum Gasteiger partial charge on any atom is -0.497 e. The minimum atomic E-state index is 0.925. The topological polar surface area (TPSA) is 31.5 Å². The number of H-pyrrole nitrogens is 1. The largest absolute Gasteiger partial charge is 0.497 e. The van der Waals surface area contributed by atoms with Crippen molar-refractivity contribution in [2.75, 3.05) is 46.4 Å². The summed E-state index contributed by atoms with van der Waals surface area (Å²) in [7, 11) is 1.73. The highest BCUT2D eigenvalue weighted by Gasteiger charge is 2.16. The SMILES string of the molecule is COc1ccc2[nH]cc(C3=CCN(CCCN4CCCCC4)CC3)c2c1. The van der Waals surface area contributed by atoms with E-state index < -0.39 is 0 Å². The van der Waals surface area contributed by atoms with E-state index in [4.69, 9.17) is 4.74 Å². The lowest BCUT2D eigenvalue weighted by Crippen LogP contribution is -2.34. The second-order valence-electron chi connectivity index (χ2n) is 7.65. The molecule has 2 aliphatic heterocycles. The Balaban J connectivity index is 1.34. The summed E-state index contributed by atoms with van der Waals surface area (Å²) in [4.78, 5) is 8.65. The first-order valence-corrected chi connectivity index (χ1v) is 10.1. The number of rotatable bonds is 6. The monoisotopic (exact) mass is 353 g/mol. The summed E-state index contributed by atoms with van der Waals surface area (Å²) in [5.41, 5.74) is 3.99. The molecule has 1 saturated heterocycles. The normalized spacial score (nSPS) is 19.7. The molecule has 0 amide bonds. The Bertz CT molecular complexity index is 758. The summed E-state index contributed by atoms with van der Waals surface area (Å²) in [6.07, 6.45) is 11.2. The van der Waals surface area contributed by atoms with E-state index >= 15 is 0 Å². The van der Waals surface area contributed by atoms with Crippen molar-refractivity contribution in [2.45, 2.75) is 32.1 Å². The number of aromatic nitrogens is 1. The molecule has 0 spiro atoms. The molecule has 0 unspecified atom stereocenters. The maximum Gasteiger partial charge on any atom is 0.119 e. The summed E-state index contributed by atoms with van der Waals surface area (Å²) < 4.78 is 5.40. The molecule has 0 radical (unpaired) electrons. The lowest BCUT2D eigenvalue weighted by molar-refractivity contribution is 0.207. The third-order valence-electron chi connectivity index (χ3n) is 5.93. The van der Waals surface area contributed by atoms with E-state index in [-0.39, 0.29) is 0 Å². The van der Waals surface area contributed by atoms with Gasteiger partial charge in [-0.25, -0.2) is 0 Å². The number of nitrogens with zero attached hydrogens (tertiary/aromatic N) is 2. The van der Waals surface area contributed by atoms with Crippen LogP contribution in [0.15, 0.2) is 30.5 Å². The van der Waals surface area contributed by atoms with Gasteiger partial charge in [0.1, 0.15) is 5.75 Å². The standard InChI is InChI=1S/C22H31N3O/c1-26-19-6-7-22-20(16-19)21(17-23-22)18-8-14-25(15-9-18)13-5-12-24-10-3-2-4-11-24/h6-8,16-17,23H,2-5,9-15H2,1H3. The van der Waals surface area contributed by atoms with E-state index in [1.165, 1.54) is 80.4 Å². The molecule has 4 heteroatoms. The van der Waals surface area contributed by atoms with Crippen LogP contribution in [0, 0.1) is 0 Å². The number of methoxy groups -OCH3 is 1. The van der Waals surface area contributed by atoms with Crippen molar-refractivity contribution in [3.63, 3.8) is 0 Å². The molecule has 1 aromatic heterocycles. The van der Waals surface area contributed by atoms with Crippen molar-refractivity contribution in [2.24, 2.45) is 0 Å². The number of hydrogen-bond donors (Lipinski definition) is 1. The van der Waals surface area contributed by atoms with E-state index in [1.807, 2.05) is 6.07 Å². The van der Waals surface area contributed by atoms with Crippen molar-refractivity contribution in [1.82, 2.24) is 14.8 Å².